The van der Waals surface area contributed by atoms with Gasteiger partial charge in [0.15, 0.2) is 0 Å². The third kappa shape index (κ3) is 17.7. The van der Waals surface area contributed by atoms with E-state index in [1.165, 1.54) is 96.3 Å². The molecule has 0 nitrogen and oxygen atoms in total. The van der Waals surface area contributed by atoms with Crippen LogP contribution in [0.1, 0.15) is 110 Å². The molecule has 0 aromatic carbocycles. The minimum atomic E-state index is 1.08. The van der Waals surface area contributed by atoms with Gasteiger partial charge in [0.25, 0.3) is 0 Å². The van der Waals surface area contributed by atoms with Crippen molar-refractivity contribution in [2.24, 2.45) is 0 Å². The second-order valence-corrected chi connectivity index (χ2v) is 6.20. The Kier molecular flexibility index (Phi) is 18.5. The van der Waals surface area contributed by atoms with Crippen molar-refractivity contribution in [3.8, 4) is 0 Å². The van der Waals surface area contributed by atoms with Crippen LogP contribution < -0.4 is 0 Å². The highest BCUT2D eigenvalue weighted by Gasteiger charge is 1.94. The van der Waals surface area contributed by atoms with Gasteiger partial charge in [-0.1, -0.05) is 103 Å². The molecule has 0 aliphatic heterocycles. The molecule has 0 unspecified atom stereocenters. The maximum Gasteiger partial charge on any atom is -0.0322 e. The predicted molar refractivity (Wildman–Crippen MR) is 94.0 cm³/mol. The summed E-state index contributed by atoms with van der Waals surface area (Å²) in [7, 11) is 0. The molecule has 0 heterocycles. The monoisotopic (exact) mass is 279 g/mol. The molecule has 0 rings (SSSR count). The predicted octanol–water partition coefficient (Wildman–Crippen LogP) is 7.64. The summed E-state index contributed by atoms with van der Waals surface area (Å²) in [6.07, 6.45) is 27.0. The van der Waals surface area contributed by atoms with Crippen molar-refractivity contribution < 1.29 is 0 Å². The normalized spacial score (nSPS) is 10.8. The molecule has 0 aliphatic carbocycles. The molecule has 0 saturated carbocycles. The van der Waals surface area contributed by atoms with Crippen LogP contribution in [0.25, 0.3) is 0 Å². The summed E-state index contributed by atoms with van der Waals surface area (Å²) in [6, 6.07) is 0. The lowest BCUT2D eigenvalue weighted by molar-refractivity contribution is 0.535. The van der Waals surface area contributed by atoms with E-state index in [1.54, 1.807) is 0 Å². The molecule has 20 heavy (non-hydrogen) atoms. The van der Waals surface area contributed by atoms with E-state index in [9.17, 15) is 0 Å². The Labute approximate surface area is 129 Å². The number of rotatable bonds is 17. The summed E-state index contributed by atoms with van der Waals surface area (Å²) in [4.78, 5) is 0. The van der Waals surface area contributed by atoms with E-state index in [0.29, 0.717) is 0 Å². The highest BCUT2D eigenvalue weighted by Crippen LogP contribution is 2.13. The first kappa shape index (κ1) is 19.7. The van der Waals surface area contributed by atoms with Gasteiger partial charge in [0.05, 0.1) is 0 Å². The Bertz CT molecular complexity index is 171. The molecule has 0 fully saturated rings. The smallest absolute Gasteiger partial charge is 0.0322 e. The number of hydrogen-bond acceptors (Lipinski definition) is 0. The van der Waals surface area contributed by atoms with E-state index < -0.39 is 0 Å². The number of hydrogen-bond donors (Lipinski definition) is 0. The lowest BCUT2D eigenvalue weighted by Gasteiger charge is -2.03. The Morgan fingerprint density at radius 1 is 0.600 bits per heavy atom. The van der Waals surface area contributed by atoms with Crippen LogP contribution in [0, 0.1) is 6.42 Å². The van der Waals surface area contributed by atoms with E-state index in [4.69, 9.17) is 0 Å². The van der Waals surface area contributed by atoms with Crippen molar-refractivity contribution in [3.05, 3.63) is 19.1 Å². The molecule has 0 amide bonds. The van der Waals surface area contributed by atoms with Crippen LogP contribution in [0.5, 0.6) is 0 Å². The first-order valence-electron chi connectivity index (χ1n) is 9.34. The topological polar surface area (TPSA) is 0 Å². The van der Waals surface area contributed by atoms with Crippen LogP contribution in [-0.4, -0.2) is 0 Å². The largest absolute Gasteiger partial charge is 0.103 e. The third-order valence-electron chi connectivity index (χ3n) is 4.10. The Hall–Kier alpha value is -0.260. The van der Waals surface area contributed by atoms with Gasteiger partial charge in [0.2, 0.25) is 0 Å². The van der Waals surface area contributed by atoms with Gasteiger partial charge in [-0.15, -0.1) is 6.58 Å². The fourth-order valence-corrected chi connectivity index (χ4v) is 2.72. The van der Waals surface area contributed by atoms with Crippen LogP contribution in [0.3, 0.4) is 0 Å². The fraction of sp³-hybridized carbons (Fsp3) is 0.850. The molecular weight excluding hydrogens is 240 g/mol. The molecule has 0 spiro atoms. The molecule has 0 aromatic rings. The SMILES string of the molecule is C=CC[CH]CCCCCCCCCCCCCCCC. The quantitative estimate of drug-likeness (QED) is 0.189. The second-order valence-electron chi connectivity index (χ2n) is 6.20. The van der Waals surface area contributed by atoms with E-state index in [1.807, 2.05) is 6.08 Å². The minimum absolute atomic E-state index is 1.08. The van der Waals surface area contributed by atoms with Crippen molar-refractivity contribution in [1.29, 1.82) is 0 Å². The zero-order valence-electron chi connectivity index (χ0n) is 14.2. The van der Waals surface area contributed by atoms with Crippen LogP contribution in [0.4, 0.5) is 0 Å². The van der Waals surface area contributed by atoms with E-state index in [2.05, 4.69) is 19.9 Å². The Morgan fingerprint density at radius 2 is 1.00 bits per heavy atom. The van der Waals surface area contributed by atoms with Gasteiger partial charge in [-0.2, -0.15) is 0 Å². The molecule has 0 atom stereocenters. The van der Waals surface area contributed by atoms with Crippen molar-refractivity contribution in [2.45, 2.75) is 110 Å². The number of unbranched alkanes of at least 4 members (excludes halogenated alkanes) is 16. The van der Waals surface area contributed by atoms with Crippen molar-refractivity contribution in [3.63, 3.8) is 0 Å². The standard InChI is InChI=1S/C20H39/c1-3-5-7-9-11-13-15-17-19-20-18-16-14-12-10-8-6-4-2/h3,7H,1,4-6,8-20H2,2H3. The zero-order valence-corrected chi connectivity index (χ0v) is 14.2. The summed E-state index contributed by atoms with van der Waals surface area (Å²) in [5.74, 6) is 0. The van der Waals surface area contributed by atoms with Gasteiger partial charge < -0.3 is 0 Å². The summed E-state index contributed by atoms with van der Waals surface area (Å²) in [6.45, 7) is 6.03. The first-order chi connectivity index (χ1) is 9.91. The zero-order chi connectivity index (χ0) is 14.7. The third-order valence-corrected chi connectivity index (χ3v) is 4.10. The van der Waals surface area contributed by atoms with E-state index in [0.717, 1.165) is 6.42 Å². The molecule has 0 aliphatic rings. The average Bonchev–Trinajstić information content (AvgIpc) is 2.47. The molecule has 0 aromatic heterocycles. The van der Waals surface area contributed by atoms with Gasteiger partial charge in [-0.3, -0.25) is 0 Å². The molecule has 0 N–H and O–H groups in total. The summed E-state index contributed by atoms with van der Waals surface area (Å²) in [5.41, 5.74) is 0. The average molecular weight is 280 g/mol. The minimum Gasteiger partial charge on any atom is -0.103 e. The molecular formula is C20H39. The fourth-order valence-electron chi connectivity index (χ4n) is 2.72. The highest BCUT2D eigenvalue weighted by atomic mass is 14.0. The first-order valence-corrected chi connectivity index (χ1v) is 9.34. The van der Waals surface area contributed by atoms with E-state index in [-0.39, 0.29) is 0 Å². The molecule has 0 saturated heterocycles. The Morgan fingerprint density at radius 3 is 1.40 bits per heavy atom. The lowest BCUT2D eigenvalue weighted by atomic mass is 10.0. The maximum absolute atomic E-state index is 3.74. The maximum atomic E-state index is 3.74. The summed E-state index contributed by atoms with van der Waals surface area (Å²) in [5, 5.41) is 0. The highest BCUT2D eigenvalue weighted by molar-refractivity contribution is 4.77. The molecule has 1 radical (unpaired) electrons. The van der Waals surface area contributed by atoms with E-state index >= 15 is 0 Å². The molecule has 0 bridgehead atoms. The van der Waals surface area contributed by atoms with Crippen LogP contribution >= 0.6 is 0 Å². The second kappa shape index (κ2) is 18.7. The van der Waals surface area contributed by atoms with Gasteiger partial charge in [-0.25, -0.2) is 0 Å². The van der Waals surface area contributed by atoms with Gasteiger partial charge in [-0.05, 0) is 19.3 Å². The van der Waals surface area contributed by atoms with Crippen molar-refractivity contribution >= 4 is 0 Å². The van der Waals surface area contributed by atoms with Crippen molar-refractivity contribution in [1.82, 2.24) is 0 Å². The summed E-state index contributed by atoms with van der Waals surface area (Å²) >= 11 is 0. The molecule has 0 heteroatoms. The van der Waals surface area contributed by atoms with Gasteiger partial charge >= 0.3 is 0 Å². The van der Waals surface area contributed by atoms with Crippen molar-refractivity contribution in [2.75, 3.05) is 0 Å². The van der Waals surface area contributed by atoms with Crippen LogP contribution in [0.2, 0.25) is 0 Å². The van der Waals surface area contributed by atoms with Crippen LogP contribution in [-0.2, 0) is 0 Å². The Balaban J connectivity index is 2.90. The molecule has 119 valence electrons. The van der Waals surface area contributed by atoms with Crippen LogP contribution in [0.15, 0.2) is 12.7 Å². The lowest BCUT2D eigenvalue weighted by Crippen LogP contribution is -1.83. The van der Waals surface area contributed by atoms with Gasteiger partial charge in [0, 0.05) is 0 Å². The summed E-state index contributed by atoms with van der Waals surface area (Å²) < 4.78 is 0. The number of allylic oxidation sites excluding steroid dienone is 1. The van der Waals surface area contributed by atoms with Gasteiger partial charge in [0.1, 0.15) is 0 Å².